The second-order valence-corrected chi connectivity index (χ2v) is 7.79. The molecule has 0 spiro atoms. The van der Waals surface area contributed by atoms with E-state index in [1.165, 1.54) is 0 Å². The van der Waals surface area contributed by atoms with Crippen molar-refractivity contribution in [3.8, 4) is 0 Å². The van der Waals surface area contributed by atoms with E-state index in [1.807, 2.05) is 66.7 Å². The molecule has 3 heteroatoms. The number of carbonyl (C=O) groups is 2. The van der Waals surface area contributed by atoms with E-state index >= 15 is 0 Å². The number of benzene rings is 2. The van der Waals surface area contributed by atoms with Crippen LogP contribution >= 0.6 is 0 Å². The molecule has 0 saturated heterocycles. The van der Waals surface area contributed by atoms with E-state index in [9.17, 15) is 9.59 Å². The van der Waals surface area contributed by atoms with Crippen molar-refractivity contribution in [3.05, 3.63) is 82.3 Å². The third kappa shape index (κ3) is 3.27. The average Bonchev–Trinajstić information content (AvgIpc) is 2.62. The summed E-state index contributed by atoms with van der Waals surface area (Å²) in [4.78, 5) is 25.1. The second kappa shape index (κ2) is 6.87. The van der Waals surface area contributed by atoms with Gasteiger partial charge in [0.05, 0.1) is 0 Å². The fourth-order valence-electron chi connectivity index (χ4n) is 2.48. The maximum atomic E-state index is 12.6. The van der Waals surface area contributed by atoms with Gasteiger partial charge in [0, 0.05) is 0 Å². The molecule has 0 saturated carbocycles. The van der Waals surface area contributed by atoms with E-state index in [0.29, 0.717) is 5.56 Å². The monoisotopic (exact) mass is 356 g/mol. The molecule has 0 amide bonds. The molecule has 0 radical (unpaired) electrons. The Morgan fingerprint density at radius 2 is 1.45 bits per heavy atom. The maximum absolute atomic E-state index is 12.6. The molecule has 1 aliphatic rings. The summed E-state index contributed by atoms with van der Waals surface area (Å²) in [6, 6.07) is 18.7. The fourth-order valence-corrected chi connectivity index (χ4v) is 5.08. The van der Waals surface area contributed by atoms with Gasteiger partial charge in [0.2, 0.25) is 0 Å². The minimum absolute atomic E-state index is 0.0254. The molecule has 110 valence electrons. The van der Waals surface area contributed by atoms with Crippen LogP contribution in [0.2, 0.25) is 4.82 Å². The van der Waals surface area contributed by atoms with Crippen molar-refractivity contribution >= 4 is 26.5 Å². The molecule has 3 rings (SSSR count). The molecule has 0 aromatic heterocycles. The molecule has 0 fully saturated rings. The first-order valence-corrected chi connectivity index (χ1v) is 9.16. The number of carbonyl (C=O) groups excluding carboxylic acids is 2. The van der Waals surface area contributed by atoms with Crippen LogP contribution in [0.15, 0.2) is 71.2 Å². The normalized spacial score (nSPS) is 17.6. The van der Waals surface area contributed by atoms with Crippen molar-refractivity contribution < 1.29 is 9.59 Å². The Morgan fingerprint density at radius 3 is 2.09 bits per heavy atom. The quantitative estimate of drug-likeness (QED) is 0.615. The van der Waals surface area contributed by atoms with Crippen LogP contribution in [-0.2, 0) is 0 Å². The summed E-state index contributed by atoms with van der Waals surface area (Å²) in [7, 11) is 0. The Labute approximate surface area is 136 Å². The van der Waals surface area contributed by atoms with Crippen molar-refractivity contribution in [1.82, 2.24) is 0 Å². The Balaban J connectivity index is 1.76. The molecular formula is C19H16O2Se. The van der Waals surface area contributed by atoms with Crippen molar-refractivity contribution in [3.63, 3.8) is 0 Å². The minimum atomic E-state index is -0.0991. The first kappa shape index (κ1) is 15.0. The number of hydrogen-bond donors (Lipinski definition) is 0. The molecule has 1 heterocycles. The molecule has 0 N–H and O–H groups in total. The van der Waals surface area contributed by atoms with Gasteiger partial charge in [-0.05, 0) is 0 Å². The molecule has 2 aromatic carbocycles. The van der Waals surface area contributed by atoms with Gasteiger partial charge in [0.15, 0.2) is 0 Å². The van der Waals surface area contributed by atoms with Gasteiger partial charge in [0.1, 0.15) is 0 Å². The first-order chi connectivity index (χ1) is 10.8. The van der Waals surface area contributed by atoms with E-state index in [1.54, 1.807) is 0 Å². The van der Waals surface area contributed by atoms with E-state index in [0.717, 1.165) is 22.9 Å². The standard InChI is InChI=1S/C19H16O2Se/c20-18(14-8-3-1-4-9-14)16-12-7-13-17(22-16)19(21)15-10-5-2-6-11-15/h1-6,8-12,17H,7,13H2. The van der Waals surface area contributed by atoms with E-state index in [-0.39, 0.29) is 31.3 Å². The van der Waals surface area contributed by atoms with Crippen molar-refractivity contribution in [2.75, 3.05) is 0 Å². The van der Waals surface area contributed by atoms with E-state index in [2.05, 4.69) is 0 Å². The number of ketones is 2. The van der Waals surface area contributed by atoms with Gasteiger partial charge in [-0.1, -0.05) is 0 Å². The van der Waals surface area contributed by atoms with Crippen molar-refractivity contribution in [2.45, 2.75) is 17.7 Å². The van der Waals surface area contributed by atoms with Gasteiger partial charge < -0.3 is 0 Å². The van der Waals surface area contributed by atoms with E-state index < -0.39 is 0 Å². The van der Waals surface area contributed by atoms with Crippen molar-refractivity contribution in [2.24, 2.45) is 0 Å². The molecule has 0 bridgehead atoms. The van der Waals surface area contributed by atoms with Crippen LogP contribution < -0.4 is 0 Å². The van der Waals surface area contributed by atoms with Gasteiger partial charge in [-0.15, -0.1) is 0 Å². The number of rotatable bonds is 4. The summed E-state index contributed by atoms with van der Waals surface area (Å²) in [5, 5.41) is 0. The topological polar surface area (TPSA) is 34.1 Å². The van der Waals surface area contributed by atoms with Crippen LogP contribution in [0, 0.1) is 0 Å². The third-order valence-electron chi connectivity index (χ3n) is 3.64. The average molecular weight is 355 g/mol. The van der Waals surface area contributed by atoms with Crippen molar-refractivity contribution in [1.29, 1.82) is 0 Å². The zero-order valence-corrected chi connectivity index (χ0v) is 13.8. The molecule has 2 aromatic rings. The van der Waals surface area contributed by atoms with Gasteiger partial charge in [-0.3, -0.25) is 0 Å². The number of hydrogen-bond acceptors (Lipinski definition) is 2. The second-order valence-electron chi connectivity index (χ2n) is 5.18. The predicted molar refractivity (Wildman–Crippen MR) is 88.4 cm³/mol. The van der Waals surface area contributed by atoms with Crippen LogP contribution in [0.3, 0.4) is 0 Å². The zero-order chi connectivity index (χ0) is 15.4. The van der Waals surface area contributed by atoms with Crippen LogP contribution in [0.25, 0.3) is 0 Å². The fraction of sp³-hybridized carbons (Fsp3) is 0.158. The van der Waals surface area contributed by atoms with E-state index in [4.69, 9.17) is 0 Å². The number of allylic oxidation sites excluding steroid dienone is 2. The summed E-state index contributed by atoms with van der Waals surface area (Å²) in [5.74, 6) is 0.248. The molecule has 1 atom stereocenters. The summed E-state index contributed by atoms with van der Waals surface area (Å²) >= 11 is -0.0991. The summed E-state index contributed by atoms with van der Waals surface area (Å²) in [6.07, 6.45) is 3.67. The Morgan fingerprint density at radius 1 is 0.864 bits per heavy atom. The number of Topliss-reactive ketones (excluding diaryl/α,β-unsaturated/α-hetero) is 2. The first-order valence-electron chi connectivity index (χ1n) is 7.31. The van der Waals surface area contributed by atoms with Crippen LogP contribution in [0.5, 0.6) is 0 Å². The Bertz CT molecular complexity index is 705. The molecule has 22 heavy (non-hydrogen) atoms. The van der Waals surface area contributed by atoms with Crippen LogP contribution in [-0.4, -0.2) is 26.5 Å². The van der Waals surface area contributed by atoms with Gasteiger partial charge >= 0.3 is 136 Å². The Hall–Kier alpha value is -1.96. The molecule has 1 aliphatic heterocycles. The van der Waals surface area contributed by atoms with Crippen LogP contribution in [0.4, 0.5) is 0 Å². The molecular weight excluding hydrogens is 339 g/mol. The summed E-state index contributed by atoms with van der Waals surface area (Å²) in [6.45, 7) is 0. The predicted octanol–water partition coefficient (Wildman–Crippen LogP) is 3.92. The Kier molecular flexibility index (Phi) is 4.67. The molecule has 1 unspecified atom stereocenters. The molecule has 2 nitrogen and oxygen atoms in total. The summed E-state index contributed by atoms with van der Waals surface area (Å²) < 4.78 is 0.833. The summed E-state index contributed by atoms with van der Waals surface area (Å²) in [5.41, 5.74) is 1.46. The van der Waals surface area contributed by atoms with Gasteiger partial charge in [0.25, 0.3) is 0 Å². The van der Waals surface area contributed by atoms with Gasteiger partial charge in [-0.25, -0.2) is 0 Å². The SMILES string of the molecule is O=C(C1=CCCC(C(=O)c2ccccc2)[Se]1)c1ccccc1. The van der Waals surface area contributed by atoms with Gasteiger partial charge in [-0.2, -0.15) is 0 Å². The third-order valence-corrected chi connectivity index (χ3v) is 6.45. The zero-order valence-electron chi connectivity index (χ0n) is 12.1. The molecule has 0 aliphatic carbocycles. The van der Waals surface area contributed by atoms with Crippen LogP contribution in [0.1, 0.15) is 33.6 Å².